The van der Waals surface area contributed by atoms with Crippen LogP contribution in [0.3, 0.4) is 0 Å². The molecule has 0 N–H and O–H groups in total. The molecule has 0 aliphatic heterocycles. The number of nitrogens with zero attached hydrogens (tertiary/aromatic N) is 4. The van der Waals surface area contributed by atoms with E-state index in [1.165, 1.54) is 23.0 Å². The first kappa shape index (κ1) is 28.7. The molecule has 0 radical (unpaired) electrons. The van der Waals surface area contributed by atoms with Crippen LogP contribution in [-0.2, 0) is 6.61 Å². The van der Waals surface area contributed by atoms with E-state index in [-0.39, 0.29) is 34.5 Å². The van der Waals surface area contributed by atoms with Gasteiger partial charge in [0.05, 0.1) is 28.6 Å². The number of hydrogen-bond acceptors (Lipinski definition) is 7. The lowest BCUT2D eigenvalue weighted by molar-refractivity contribution is -0.384. The maximum absolute atomic E-state index is 13.4. The van der Waals surface area contributed by atoms with Gasteiger partial charge in [0.25, 0.3) is 11.2 Å². The minimum absolute atomic E-state index is 0.0345. The molecule has 0 aliphatic rings. The molecule has 0 spiro atoms. The second kappa shape index (κ2) is 12.3. The van der Waals surface area contributed by atoms with E-state index < -0.39 is 4.92 Å². The Hall–Kier alpha value is -3.28. The first-order valence-corrected chi connectivity index (χ1v) is 13.8. The molecule has 0 fully saturated rings. The van der Waals surface area contributed by atoms with Gasteiger partial charge >= 0.3 is 0 Å². The minimum atomic E-state index is -0.466. The van der Waals surface area contributed by atoms with Crippen molar-refractivity contribution in [3.8, 4) is 11.5 Å². The fraction of sp³-hybridized carbons (Fsp3) is 0.222. The number of fused-ring (bicyclic) bond motifs is 1. The zero-order chi connectivity index (χ0) is 28.3. The van der Waals surface area contributed by atoms with E-state index in [4.69, 9.17) is 21.1 Å². The first-order valence-electron chi connectivity index (χ1n) is 11.9. The van der Waals surface area contributed by atoms with Crippen molar-refractivity contribution in [2.24, 2.45) is 5.10 Å². The molecule has 1 aromatic heterocycles. The van der Waals surface area contributed by atoms with Gasteiger partial charge in [0.2, 0.25) is 0 Å². The summed E-state index contributed by atoms with van der Waals surface area (Å²) in [4.78, 5) is 28.7. The lowest BCUT2D eigenvalue weighted by Gasteiger charge is -2.16. The van der Waals surface area contributed by atoms with Gasteiger partial charge in [-0.05, 0) is 52.7 Å². The molecule has 0 unspecified atom stereocenters. The summed E-state index contributed by atoms with van der Waals surface area (Å²) in [6, 6.07) is 13.2. The van der Waals surface area contributed by atoms with Gasteiger partial charge in [0.15, 0.2) is 11.5 Å². The van der Waals surface area contributed by atoms with E-state index in [0.29, 0.717) is 44.7 Å². The van der Waals surface area contributed by atoms with E-state index in [2.05, 4.69) is 41.9 Å². The van der Waals surface area contributed by atoms with E-state index in [1.54, 1.807) is 30.3 Å². The third-order valence-electron chi connectivity index (χ3n) is 5.62. The number of nitro benzene ring substituents is 1. The molecule has 202 valence electrons. The van der Waals surface area contributed by atoms with Crippen LogP contribution in [0, 0.1) is 10.1 Å². The number of rotatable bonds is 9. The summed E-state index contributed by atoms with van der Waals surface area (Å²) >= 11 is 13.6. The van der Waals surface area contributed by atoms with Gasteiger partial charge in [-0.3, -0.25) is 14.9 Å². The molecule has 0 saturated heterocycles. The lowest BCUT2D eigenvalue weighted by atomic mass is 10.2. The quantitative estimate of drug-likeness (QED) is 0.103. The largest absolute Gasteiger partial charge is 0.490 e. The Morgan fingerprint density at radius 1 is 1.18 bits per heavy atom. The Kier molecular flexibility index (Phi) is 9.04. The van der Waals surface area contributed by atoms with Gasteiger partial charge in [0.1, 0.15) is 17.5 Å². The second-order valence-electron chi connectivity index (χ2n) is 8.72. The number of non-ortho nitro benzene ring substituents is 1. The fourth-order valence-electron chi connectivity index (χ4n) is 3.78. The van der Waals surface area contributed by atoms with Crippen LogP contribution in [0.25, 0.3) is 10.9 Å². The predicted molar refractivity (Wildman–Crippen MR) is 159 cm³/mol. The van der Waals surface area contributed by atoms with Gasteiger partial charge in [0, 0.05) is 32.6 Å². The van der Waals surface area contributed by atoms with Crippen LogP contribution in [0.1, 0.15) is 43.6 Å². The van der Waals surface area contributed by atoms with Crippen molar-refractivity contribution < 1.29 is 14.4 Å². The Morgan fingerprint density at radius 2 is 1.95 bits per heavy atom. The molecule has 0 saturated carbocycles. The van der Waals surface area contributed by atoms with Crippen molar-refractivity contribution in [3.63, 3.8) is 0 Å². The zero-order valence-corrected chi connectivity index (χ0v) is 25.1. The van der Waals surface area contributed by atoms with Gasteiger partial charge in [-0.1, -0.05) is 53.5 Å². The molecule has 3 aromatic carbocycles. The van der Waals surface area contributed by atoms with E-state index in [0.717, 1.165) is 4.47 Å². The average Bonchev–Trinajstić information content (AvgIpc) is 2.90. The highest BCUT2D eigenvalue weighted by atomic mass is 79.9. The fourth-order valence-corrected chi connectivity index (χ4v) is 4.80. The molecule has 12 heteroatoms. The summed E-state index contributed by atoms with van der Waals surface area (Å²) in [5.74, 6) is 1.06. The summed E-state index contributed by atoms with van der Waals surface area (Å²) in [6.07, 6.45) is 1.50. The molecular weight excluding hydrogens is 656 g/mol. The van der Waals surface area contributed by atoms with Crippen LogP contribution in [-0.4, -0.2) is 27.4 Å². The molecule has 0 amide bonds. The predicted octanol–water partition coefficient (Wildman–Crippen LogP) is 7.47. The van der Waals surface area contributed by atoms with E-state index >= 15 is 0 Å². The van der Waals surface area contributed by atoms with Crippen LogP contribution in [0.5, 0.6) is 11.5 Å². The Labute approximate surface area is 245 Å². The van der Waals surface area contributed by atoms with Gasteiger partial charge in [-0.2, -0.15) is 9.78 Å². The van der Waals surface area contributed by atoms with Crippen LogP contribution in [0.4, 0.5) is 5.69 Å². The Morgan fingerprint density at radius 3 is 2.64 bits per heavy atom. The van der Waals surface area contributed by atoms with Crippen molar-refractivity contribution in [2.75, 3.05) is 6.61 Å². The topological polar surface area (TPSA) is 109 Å². The van der Waals surface area contributed by atoms with Gasteiger partial charge in [-0.25, -0.2) is 4.98 Å². The number of benzene rings is 3. The molecule has 0 aliphatic carbocycles. The zero-order valence-electron chi connectivity index (χ0n) is 21.2. The molecule has 0 bridgehead atoms. The second-order valence-corrected chi connectivity index (χ2v) is 10.8. The summed E-state index contributed by atoms with van der Waals surface area (Å²) in [5, 5.41) is 16.2. The van der Waals surface area contributed by atoms with E-state index in [9.17, 15) is 14.9 Å². The third-order valence-corrected chi connectivity index (χ3v) is 7.56. The smallest absolute Gasteiger partial charge is 0.282 e. The van der Waals surface area contributed by atoms with Gasteiger partial charge in [-0.15, -0.1) is 0 Å². The third kappa shape index (κ3) is 6.32. The molecule has 4 rings (SSSR count). The van der Waals surface area contributed by atoms with Crippen LogP contribution >= 0.6 is 43.5 Å². The molecule has 9 nitrogen and oxygen atoms in total. The summed E-state index contributed by atoms with van der Waals surface area (Å²) < 4.78 is 14.3. The van der Waals surface area contributed by atoms with Crippen molar-refractivity contribution >= 4 is 66.3 Å². The first-order chi connectivity index (χ1) is 18.6. The Bertz CT molecular complexity index is 1660. The average molecular weight is 679 g/mol. The highest BCUT2D eigenvalue weighted by Crippen LogP contribution is 2.42. The van der Waals surface area contributed by atoms with Crippen molar-refractivity contribution in [2.45, 2.75) is 33.3 Å². The number of aromatic nitrogens is 2. The molecule has 4 aromatic rings. The molecule has 1 heterocycles. The number of hydrogen-bond donors (Lipinski definition) is 0. The standard InChI is InChI=1S/C27H23Br2ClN4O5/c1-4-38-22-11-17(23(29)24(30)25(22)39-14-16-6-5-7-19(10-16)34(36)37)13-31-33-26(15(2)3)32-21-9-8-18(28)12-20(21)27(33)35/h5-13,15H,4,14H2,1-3H3. The number of ether oxygens (including phenoxy) is 2. The number of halogens is 3. The van der Waals surface area contributed by atoms with Crippen molar-refractivity contribution in [1.82, 2.24) is 9.66 Å². The maximum atomic E-state index is 13.4. The molecular formula is C27H23Br2ClN4O5. The number of nitro groups is 1. The SMILES string of the molecule is CCOc1cc(C=Nn2c(C(C)C)nc3ccc(Br)cc3c2=O)c(Br)c(Cl)c1OCc1cccc([N+](=O)[O-])c1. The molecule has 39 heavy (non-hydrogen) atoms. The maximum Gasteiger partial charge on any atom is 0.282 e. The van der Waals surface area contributed by atoms with E-state index in [1.807, 2.05) is 26.8 Å². The normalized spacial score (nSPS) is 11.5. The van der Waals surface area contributed by atoms with Crippen LogP contribution < -0.4 is 15.0 Å². The molecule has 0 atom stereocenters. The summed E-state index contributed by atoms with van der Waals surface area (Å²) in [7, 11) is 0. The van der Waals surface area contributed by atoms with Gasteiger partial charge < -0.3 is 9.47 Å². The van der Waals surface area contributed by atoms with Crippen molar-refractivity contribution in [3.05, 3.63) is 99.9 Å². The summed E-state index contributed by atoms with van der Waals surface area (Å²) in [6.45, 7) is 6.06. The Balaban J connectivity index is 1.73. The monoisotopic (exact) mass is 676 g/mol. The lowest BCUT2D eigenvalue weighted by Crippen LogP contribution is -2.23. The minimum Gasteiger partial charge on any atom is -0.490 e. The highest BCUT2D eigenvalue weighted by Gasteiger charge is 2.19. The van der Waals surface area contributed by atoms with Crippen molar-refractivity contribution in [1.29, 1.82) is 0 Å². The van der Waals surface area contributed by atoms with Crippen LogP contribution in [0.2, 0.25) is 5.02 Å². The van der Waals surface area contributed by atoms with Crippen LogP contribution in [0.15, 0.2) is 67.4 Å². The highest BCUT2D eigenvalue weighted by molar-refractivity contribution is 9.10. The summed E-state index contributed by atoms with van der Waals surface area (Å²) in [5.41, 5.74) is 1.39.